The van der Waals surface area contributed by atoms with E-state index >= 15 is 0 Å². The van der Waals surface area contributed by atoms with Gasteiger partial charge >= 0.3 is 0 Å². The molecule has 0 aromatic carbocycles. The Labute approximate surface area is 117 Å². The molecule has 0 radical (unpaired) electrons. The van der Waals surface area contributed by atoms with Gasteiger partial charge in [0.1, 0.15) is 24.1 Å². The summed E-state index contributed by atoms with van der Waals surface area (Å²) in [6.07, 6.45) is -2.82. The fraction of sp³-hybridized carbons (Fsp3) is 0.455. The zero-order valence-corrected chi connectivity index (χ0v) is 10.9. The molecule has 3 rings (SSSR count). The lowest BCUT2D eigenvalue weighted by Gasteiger charge is -2.20. The number of alkyl halides is 2. The van der Waals surface area contributed by atoms with Crippen LogP contribution < -0.4 is 5.73 Å². The minimum atomic E-state index is -2.57. The molecule has 0 amide bonds. The smallest absolute Gasteiger partial charge is 0.243 e. The number of hydrogen-bond donors (Lipinski definition) is 3. The van der Waals surface area contributed by atoms with Crippen molar-refractivity contribution in [3.05, 3.63) is 24.2 Å². The van der Waals surface area contributed by atoms with E-state index in [0.29, 0.717) is 5.52 Å². The molecule has 1 fully saturated rings. The maximum absolute atomic E-state index is 14.5. The topological polar surface area (TPSA) is 106 Å². The normalized spacial score (nSPS) is 33.9. The van der Waals surface area contributed by atoms with E-state index in [9.17, 15) is 9.50 Å². The molecule has 4 atom stereocenters. The van der Waals surface area contributed by atoms with Crippen LogP contribution in [0.1, 0.15) is 11.8 Å². The largest absolute Gasteiger partial charge is 0.394 e. The summed E-state index contributed by atoms with van der Waals surface area (Å²) < 4.78 is 21.1. The Bertz CT molecular complexity index is 650. The van der Waals surface area contributed by atoms with Crippen LogP contribution in [0.3, 0.4) is 0 Å². The molecule has 108 valence electrons. The molecular weight excluding hydrogens is 291 g/mol. The van der Waals surface area contributed by atoms with Crippen molar-refractivity contribution < 1.29 is 19.3 Å². The first-order valence-electron chi connectivity index (χ1n) is 5.87. The van der Waals surface area contributed by atoms with Gasteiger partial charge in [0, 0.05) is 0 Å². The molecule has 1 saturated heterocycles. The van der Waals surface area contributed by atoms with Crippen molar-refractivity contribution >= 4 is 22.9 Å². The molecule has 2 aromatic heterocycles. The predicted molar refractivity (Wildman–Crippen MR) is 67.8 cm³/mol. The lowest BCUT2D eigenvalue weighted by atomic mass is 10.1. The van der Waals surface area contributed by atoms with Crippen LogP contribution in [0.25, 0.3) is 5.52 Å². The van der Waals surface area contributed by atoms with Crippen LogP contribution in [-0.4, -0.2) is 48.8 Å². The molecule has 2 aromatic rings. The third-order valence-electron chi connectivity index (χ3n) is 3.37. The standard InChI is InChI=1S/C11H12ClFN4O3/c12-11(13)8(19)7(3-18)20-9(11)5-1-2-6-10(14)15-4-16-17(5)6/h1-2,4,7-9,18-19H,3H2,(H2,14,15,16)/t7-,8?,9+,11?/m1/s1. The number of hydrogen-bond acceptors (Lipinski definition) is 6. The average molecular weight is 303 g/mol. The van der Waals surface area contributed by atoms with Crippen molar-refractivity contribution in [2.45, 2.75) is 23.4 Å². The molecule has 20 heavy (non-hydrogen) atoms. The van der Waals surface area contributed by atoms with Crippen LogP contribution in [-0.2, 0) is 4.74 Å². The van der Waals surface area contributed by atoms with Gasteiger partial charge in [-0.3, -0.25) is 0 Å². The molecule has 1 aliphatic heterocycles. The quantitative estimate of drug-likeness (QED) is 0.675. The first-order valence-corrected chi connectivity index (χ1v) is 6.25. The van der Waals surface area contributed by atoms with Gasteiger partial charge in [0.05, 0.1) is 12.3 Å². The summed E-state index contributed by atoms with van der Waals surface area (Å²) in [6.45, 7) is -0.545. The highest BCUT2D eigenvalue weighted by molar-refractivity contribution is 6.24. The summed E-state index contributed by atoms with van der Waals surface area (Å²) in [5.74, 6) is 0.225. The maximum Gasteiger partial charge on any atom is 0.243 e. The summed E-state index contributed by atoms with van der Waals surface area (Å²) in [4.78, 5) is 3.82. The SMILES string of the molecule is Nc1ncnn2c([C@@H]3O[C@H](CO)C(O)C3(F)Cl)ccc12. The Morgan fingerprint density at radius 2 is 2.30 bits per heavy atom. The third-order valence-corrected chi connectivity index (χ3v) is 3.79. The number of nitrogens with zero attached hydrogens (tertiary/aromatic N) is 3. The van der Waals surface area contributed by atoms with Crippen molar-refractivity contribution in [2.75, 3.05) is 12.3 Å². The van der Waals surface area contributed by atoms with Gasteiger partial charge < -0.3 is 20.7 Å². The summed E-state index contributed by atoms with van der Waals surface area (Å²) in [6, 6.07) is 3.13. The van der Waals surface area contributed by atoms with E-state index in [4.69, 9.17) is 27.2 Å². The van der Waals surface area contributed by atoms with E-state index in [1.807, 2.05) is 0 Å². The number of aliphatic hydroxyl groups is 2. The number of aliphatic hydroxyl groups excluding tert-OH is 2. The first-order chi connectivity index (χ1) is 9.46. The molecule has 4 N–H and O–H groups in total. The molecule has 3 heterocycles. The third kappa shape index (κ3) is 1.76. The van der Waals surface area contributed by atoms with E-state index < -0.39 is 30.0 Å². The van der Waals surface area contributed by atoms with Crippen LogP contribution in [0.15, 0.2) is 18.5 Å². The Morgan fingerprint density at radius 3 is 2.95 bits per heavy atom. The van der Waals surface area contributed by atoms with E-state index in [0.717, 1.165) is 0 Å². The number of ether oxygens (including phenoxy) is 1. The minimum Gasteiger partial charge on any atom is -0.394 e. The highest BCUT2D eigenvalue weighted by Crippen LogP contribution is 2.47. The minimum absolute atomic E-state index is 0.225. The highest BCUT2D eigenvalue weighted by atomic mass is 35.5. The van der Waals surface area contributed by atoms with Crippen molar-refractivity contribution in [3.8, 4) is 0 Å². The molecule has 2 unspecified atom stereocenters. The van der Waals surface area contributed by atoms with Crippen LogP contribution in [0.4, 0.5) is 10.2 Å². The molecule has 0 spiro atoms. The summed E-state index contributed by atoms with van der Waals surface area (Å²) in [7, 11) is 0. The number of anilines is 1. The van der Waals surface area contributed by atoms with Crippen molar-refractivity contribution in [1.29, 1.82) is 0 Å². The first kappa shape index (κ1) is 13.5. The molecule has 7 nitrogen and oxygen atoms in total. The molecule has 9 heteroatoms. The maximum atomic E-state index is 14.5. The molecule has 1 aliphatic rings. The van der Waals surface area contributed by atoms with Gasteiger partial charge in [-0.2, -0.15) is 5.10 Å². The van der Waals surface area contributed by atoms with Crippen LogP contribution in [0, 0.1) is 0 Å². The summed E-state index contributed by atoms with van der Waals surface area (Å²) in [5, 5.41) is 20.2. The number of halogens is 2. The second kappa shape index (κ2) is 4.52. The van der Waals surface area contributed by atoms with E-state index in [2.05, 4.69) is 10.1 Å². The molecule has 0 saturated carbocycles. The van der Waals surface area contributed by atoms with Gasteiger partial charge in [-0.05, 0) is 12.1 Å². The number of nitrogens with two attached hydrogens (primary N) is 1. The van der Waals surface area contributed by atoms with Crippen LogP contribution in [0.5, 0.6) is 0 Å². The fourth-order valence-corrected chi connectivity index (χ4v) is 2.63. The second-order valence-corrected chi connectivity index (χ2v) is 5.14. The molecule has 0 bridgehead atoms. The van der Waals surface area contributed by atoms with Gasteiger partial charge in [-0.15, -0.1) is 0 Å². The lowest BCUT2D eigenvalue weighted by Crippen LogP contribution is -2.37. The average Bonchev–Trinajstić information content (AvgIpc) is 2.92. The van der Waals surface area contributed by atoms with Crippen molar-refractivity contribution in [2.24, 2.45) is 0 Å². The zero-order valence-electron chi connectivity index (χ0n) is 10.1. The Morgan fingerprint density at radius 1 is 1.55 bits per heavy atom. The van der Waals surface area contributed by atoms with E-state index in [1.165, 1.54) is 16.9 Å². The second-order valence-electron chi connectivity index (χ2n) is 4.56. The van der Waals surface area contributed by atoms with Gasteiger partial charge in [-0.25, -0.2) is 13.9 Å². The van der Waals surface area contributed by atoms with Crippen LogP contribution >= 0.6 is 11.6 Å². The summed E-state index contributed by atoms with van der Waals surface area (Å²) in [5.41, 5.74) is 6.44. The number of rotatable bonds is 2. The predicted octanol–water partition coefficient (Wildman–Crippen LogP) is 0.00920. The monoisotopic (exact) mass is 302 g/mol. The summed E-state index contributed by atoms with van der Waals surface area (Å²) >= 11 is 5.75. The number of fused-ring (bicyclic) bond motifs is 1. The highest BCUT2D eigenvalue weighted by Gasteiger charge is 2.57. The van der Waals surface area contributed by atoms with Crippen molar-refractivity contribution in [1.82, 2.24) is 14.6 Å². The molecule has 0 aliphatic carbocycles. The Hall–Kier alpha value is -1.48. The van der Waals surface area contributed by atoms with E-state index in [1.54, 1.807) is 6.07 Å². The van der Waals surface area contributed by atoms with Gasteiger partial charge in [0.15, 0.2) is 11.9 Å². The Balaban J connectivity index is 2.10. The van der Waals surface area contributed by atoms with Gasteiger partial charge in [0.2, 0.25) is 5.13 Å². The van der Waals surface area contributed by atoms with Crippen molar-refractivity contribution in [3.63, 3.8) is 0 Å². The Kier molecular flexibility index (Phi) is 3.05. The van der Waals surface area contributed by atoms with Crippen LogP contribution in [0.2, 0.25) is 0 Å². The zero-order chi connectivity index (χ0) is 14.5. The molecular formula is C11H12ClFN4O3. The number of aromatic nitrogens is 3. The van der Waals surface area contributed by atoms with Gasteiger partial charge in [0.25, 0.3) is 0 Å². The number of nitrogen functional groups attached to an aromatic ring is 1. The van der Waals surface area contributed by atoms with E-state index in [-0.39, 0.29) is 11.5 Å². The van der Waals surface area contributed by atoms with Gasteiger partial charge in [-0.1, -0.05) is 11.6 Å². The fourth-order valence-electron chi connectivity index (χ4n) is 2.32. The lowest BCUT2D eigenvalue weighted by molar-refractivity contribution is -0.0242.